The first-order chi connectivity index (χ1) is 13.4. The van der Waals surface area contributed by atoms with E-state index in [1.807, 2.05) is 37.3 Å². The SMILES string of the molecule is COC(O)C1[C@@H](Cc2ccnc(Cl)c2)C(=O)N1C(=O)NC(C)c1ccccc1. The molecule has 1 saturated heterocycles. The average molecular weight is 404 g/mol. The predicted molar refractivity (Wildman–Crippen MR) is 103 cm³/mol. The molecule has 2 aromatic rings. The van der Waals surface area contributed by atoms with Crippen LogP contribution in [0.5, 0.6) is 0 Å². The van der Waals surface area contributed by atoms with Crippen molar-refractivity contribution in [3.63, 3.8) is 0 Å². The molecular formula is C20H22ClN3O4. The zero-order chi connectivity index (χ0) is 20.3. The van der Waals surface area contributed by atoms with Gasteiger partial charge in [0.25, 0.3) is 0 Å². The number of benzene rings is 1. The van der Waals surface area contributed by atoms with E-state index < -0.39 is 24.3 Å². The van der Waals surface area contributed by atoms with Crippen molar-refractivity contribution in [2.75, 3.05) is 7.11 Å². The first-order valence-electron chi connectivity index (χ1n) is 8.92. The lowest BCUT2D eigenvalue weighted by atomic mass is 9.82. The fourth-order valence-electron chi connectivity index (χ4n) is 3.38. The number of methoxy groups -OCH3 is 1. The number of rotatable bonds is 6. The lowest BCUT2D eigenvalue weighted by molar-refractivity contribution is -0.184. The summed E-state index contributed by atoms with van der Waals surface area (Å²) in [6.07, 6.45) is 0.594. The number of urea groups is 1. The zero-order valence-electron chi connectivity index (χ0n) is 15.6. The fraction of sp³-hybridized carbons (Fsp3) is 0.350. The molecule has 3 unspecified atom stereocenters. The van der Waals surface area contributed by atoms with Crippen molar-refractivity contribution >= 4 is 23.5 Å². The fourth-order valence-corrected chi connectivity index (χ4v) is 3.58. The number of pyridine rings is 1. The molecule has 1 aromatic heterocycles. The van der Waals surface area contributed by atoms with Crippen molar-refractivity contribution in [2.24, 2.45) is 5.92 Å². The third kappa shape index (κ3) is 4.16. The lowest BCUT2D eigenvalue weighted by Crippen LogP contribution is -2.69. The Kier molecular flexibility index (Phi) is 6.28. The molecule has 0 bridgehead atoms. The number of carbonyl (C=O) groups is 2. The van der Waals surface area contributed by atoms with Gasteiger partial charge in [-0.1, -0.05) is 41.9 Å². The summed E-state index contributed by atoms with van der Waals surface area (Å²) in [7, 11) is 1.33. The van der Waals surface area contributed by atoms with E-state index in [0.717, 1.165) is 16.0 Å². The molecule has 1 aromatic carbocycles. The van der Waals surface area contributed by atoms with Crippen LogP contribution in [0, 0.1) is 5.92 Å². The van der Waals surface area contributed by atoms with Crippen LogP contribution in [0.3, 0.4) is 0 Å². The summed E-state index contributed by atoms with van der Waals surface area (Å²) in [5.74, 6) is -0.960. The van der Waals surface area contributed by atoms with Crippen LogP contribution < -0.4 is 5.32 Å². The number of β-lactam (4-membered cyclic amide) rings is 1. The van der Waals surface area contributed by atoms with E-state index in [1.54, 1.807) is 18.3 Å². The van der Waals surface area contributed by atoms with Crippen LogP contribution in [0.4, 0.5) is 4.79 Å². The first-order valence-corrected chi connectivity index (χ1v) is 9.30. The molecule has 8 heteroatoms. The Bertz CT molecular complexity index is 848. The molecule has 2 heterocycles. The minimum Gasteiger partial charge on any atom is -0.366 e. The number of hydrogen-bond donors (Lipinski definition) is 2. The van der Waals surface area contributed by atoms with Gasteiger partial charge >= 0.3 is 6.03 Å². The summed E-state index contributed by atoms with van der Waals surface area (Å²) in [4.78, 5) is 30.3. The molecule has 0 saturated carbocycles. The second-order valence-electron chi connectivity index (χ2n) is 6.70. The van der Waals surface area contributed by atoms with E-state index in [9.17, 15) is 14.7 Å². The van der Waals surface area contributed by atoms with Gasteiger partial charge in [-0.2, -0.15) is 0 Å². The Balaban J connectivity index is 1.73. The van der Waals surface area contributed by atoms with Crippen molar-refractivity contribution in [2.45, 2.75) is 31.7 Å². The Hall–Kier alpha value is -2.48. The first kappa shape index (κ1) is 20.3. The van der Waals surface area contributed by atoms with Crippen LogP contribution in [0.2, 0.25) is 5.15 Å². The molecule has 3 amide bonds. The summed E-state index contributed by atoms with van der Waals surface area (Å²) in [6, 6.07) is 11.2. The van der Waals surface area contributed by atoms with Crippen LogP contribution in [0.25, 0.3) is 0 Å². The number of ether oxygens (including phenoxy) is 1. The van der Waals surface area contributed by atoms with Crippen molar-refractivity contribution in [3.8, 4) is 0 Å². The molecule has 0 aliphatic carbocycles. The number of nitrogens with zero attached hydrogens (tertiary/aromatic N) is 2. The third-order valence-electron chi connectivity index (χ3n) is 4.90. The third-order valence-corrected chi connectivity index (χ3v) is 5.11. The molecule has 1 aliphatic rings. The summed E-state index contributed by atoms with van der Waals surface area (Å²) in [5.41, 5.74) is 1.71. The molecule has 1 fully saturated rings. The van der Waals surface area contributed by atoms with Gasteiger partial charge in [0.05, 0.1) is 12.0 Å². The van der Waals surface area contributed by atoms with Gasteiger partial charge in [-0.15, -0.1) is 0 Å². The van der Waals surface area contributed by atoms with Crippen molar-refractivity contribution in [3.05, 3.63) is 64.9 Å². The van der Waals surface area contributed by atoms with Crippen LogP contribution in [-0.2, 0) is 16.0 Å². The number of amides is 3. The van der Waals surface area contributed by atoms with E-state index in [2.05, 4.69) is 10.3 Å². The molecule has 148 valence electrons. The van der Waals surface area contributed by atoms with Gasteiger partial charge in [-0.05, 0) is 36.6 Å². The van der Waals surface area contributed by atoms with Gasteiger partial charge in [0.2, 0.25) is 5.91 Å². The number of likely N-dealkylation sites (tertiary alicyclic amines) is 1. The molecule has 0 spiro atoms. The topological polar surface area (TPSA) is 91.8 Å². The second kappa shape index (κ2) is 8.68. The molecule has 28 heavy (non-hydrogen) atoms. The van der Waals surface area contributed by atoms with Gasteiger partial charge in [-0.3, -0.25) is 9.69 Å². The summed E-state index contributed by atoms with van der Waals surface area (Å²) >= 11 is 5.90. The van der Waals surface area contributed by atoms with Gasteiger partial charge in [0, 0.05) is 13.3 Å². The van der Waals surface area contributed by atoms with Gasteiger partial charge in [0.15, 0.2) is 6.29 Å². The summed E-state index contributed by atoms with van der Waals surface area (Å²) in [6.45, 7) is 1.83. The highest BCUT2D eigenvalue weighted by molar-refractivity contribution is 6.29. The normalized spacial score (nSPS) is 21.0. The summed E-state index contributed by atoms with van der Waals surface area (Å²) in [5, 5.41) is 13.4. The average Bonchev–Trinajstić information content (AvgIpc) is 2.70. The minimum absolute atomic E-state index is 0.292. The number of nitrogens with one attached hydrogen (secondary N) is 1. The standard InChI is InChI=1S/C20H22ClN3O4/c1-12(14-6-4-3-5-7-14)23-20(27)24-17(19(26)28-2)15(18(24)25)10-13-8-9-22-16(21)11-13/h3-9,11-12,15,17,19,26H,10H2,1-2H3,(H,23,27)/t12?,15-,17?,19?/m1/s1. The predicted octanol–water partition coefficient (Wildman–Crippen LogP) is 2.54. The molecule has 3 rings (SSSR count). The molecular weight excluding hydrogens is 382 g/mol. The van der Waals surface area contributed by atoms with E-state index >= 15 is 0 Å². The highest BCUT2D eigenvalue weighted by atomic mass is 35.5. The van der Waals surface area contributed by atoms with Crippen LogP contribution in [0.15, 0.2) is 48.7 Å². The molecule has 1 aliphatic heterocycles. The van der Waals surface area contributed by atoms with E-state index in [1.165, 1.54) is 7.11 Å². The highest BCUT2D eigenvalue weighted by Gasteiger charge is 2.54. The van der Waals surface area contributed by atoms with E-state index in [-0.39, 0.29) is 11.9 Å². The molecule has 0 radical (unpaired) electrons. The maximum atomic E-state index is 12.7. The number of aliphatic hydroxyl groups is 1. The smallest absolute Gasteiger partial charge is 0.325 e. The van der Waals surface area contributed by atoms with Gasteiger partial charge in [-0.25, -0.2) is 9.78 Å². The summed E-state index contributed by atoms with van der Waals surface area (Å²) < 4.78 is 5.01. The lowest BCUT2D eigenvalue weighted by Gasteiger charge is -2.47. The van der Waals surface area contributed by atoms with Crippen LogP contribution >= 0.6 is 11.6 Å². The number of imide groups is 1. The van der Waals surface area contributed by atoms with Crippen molar-refractivity contribution in [1.82, 2.24) is 15.2 Å². The number of hydrogen-bond acceptors (Lipinski definition) is 5. The Labute approximate surface area is 168 Å². The number of aromatic nitrogens is 1. The second-order valence-corrected chi connectivity index (χ2v) is 7.09. The Morgan fingerprint density at radius 2 is 2.07 bits per heavy atom. The van der Waals surface area contributed by atoms with Gasteiger partial charge in [0.1, 0.15) is 11.2 Å². The molecule has 2 N–H and O–H groups in total. The van der Waals surface area contributed by atoms with Gasteiger partial charge < -0.3 is 15.2 Å². The zero-order valence-corrected chi connectivity index (χ0v) is 16.3. The Morgan fingerprint density at radius 3 is 2.71 bits per heavy atom. The van der Waals surface area contributed by atoms with Crippen molar-refractivity contribution < 1.29 is 19.4 Å². The maximum Gasteiger partial charge on any atom is 0.325 e. The minimum atomic E-state index is -1.28. The van der Waals surface area contributed by atoms with Crippen LogP contribution in [-0.4, -0.2) is 46.4 Å². The number of halogens is 1. The maximum absolute atomic E-state index is 12.7. The van der Waals surface area contributed by atoms with E-state index in [4.69, 9.17) is 16.3 Å². The molecule has 7 nitrogen and oxygen atoms in total. The van der Waals surface area contributed by atoms with Crippen LogP contribution in [0.1, 0.15) is 24.1 Å². The largest absolute Gasteiger partial charge is 0.366 e. The van der Waals surface area contributed by atoms with E-state index in [0.29, 0.717) is 11.6 Å². The highest BCUT2D eigenvalue weighted by Crippen LogP contribution is 2.33. The monoisotopic (exact) mass is 403 g/mol. The van der Waals surface area contributed by atoms with Crippen molar-refractivity contribution in [1.29, 1.82) is 0 Å². The Morgan fingerprint density at radius 1 is 1.36 bits per heavy atom. The quantitative estimate of drug-likeness (QED) is 0.439. The number of carbonyl (C=O) groups excluding carboxylic acids is 2. The molecule has 4 atom stereocenters. The number of aliphatic hydroxyl groups excluding tert-OH is 1.